The second-order valence-electron chi connectivity index (χ2n) is 7.02. The minimum atomic E-state index is -2.75. The molecule has 1 amide bonds. The van der Waals surface area contributed by atoms with Gasteiger partial charge in [-0.15, -0.1) is 0 Å². The number of hydrogen-bond acceptors (Lipinski definition) is 6. The Morgan fingerprint density at radius 1 is 1.21 bits per heavy atom. The molecule has 2 aromatic heterocycles. The first-order chi connectivity index (χ1) is 15.9. The van der Waals surface area contributed by atoms with E-state index in [1.54, 1.807) is 41.3 Å². The van der Waals surface area contributed by atoms with Gasteiger partial charge in [-0.1, -0.05) is 24.0 Å². The highest BCUT2D eigenvalue weighted by Crippen LogP contribution is 2.24. The largest absolute Gasteiger partial charge is 0.502 e. The predicted molar refractivity (Wildman–Crippen MR) is 114 cm³/mol. The highest BCUT2D eigenvalue weighted by molar-refractivity contribution is 5.84. The third-order valence-corrected chi connectivity index (χ3v) is 4.64. The Labute approximate surface area is 187 Å². The molecule has 0 aliphatic heterocycles. The van der Waals surface area contributed by atoms with Crippen molar-refractivity contribution >= 4 is 5.91 Å². The van der Waals surface area contributed by atoms with E-state index in [-0.39, 0.29) is 18.7 Å². The van der Waals surface area contributed by atoms with Crippen LogP contribution in [0.25, 0.3) is 0 Å². The number of nitrogens with zero attached hydrogens (tertiary/aromatic N) is 3. The lowest BCUT2D eigenvalue weighted by atomic mass is 9.94. The Balaban J connectivity index is 1.78. The molecule has 33 heavy (non-hydrogen) atoms. The molecule has 4 N–H and O–H groups in total. The summed E-state index contributed by atoms with van der Waals surface area (Å²) in [6.07, 6.45) is 1.60. The second-order valence-corrected chi connectivity index (χ2v) is 7.02. The molecule has 1 aromatic carbocycles. The second kappa shape index (κ2) is 11.0. The van der Waals surface area contributed by atoms with Gasteiger partial charge in [-0.25, -0.2) is 13.8 Å². The number of aliphatic hydroxyl groups excluding tert-OH is 1. The van der Waals surface area contributed by atoms with Gasteiger partial charge in [0, 0.05) is 11.8 Å². The first-order valence-electron chi connectivity index (χ1n) is 9.94. The van der Waals surface area contributed by atoms with Crippen molar-refractivity contribution in [2.75, 3.05) is 13.2 Å². The Morgan fingerprint density at radius 2 is 1.94 bits per heavy atom. The molecule has 0 fully saturated rings. The number of aromatic amines is 1. The van der Waals surface area contributed by atoms with Gasteiger partial charge in [0.15, 0.2) is 0 Å². The van der Waals surface area contributed by atoms with Crippen LogP contribution in [-0.2, 0) is 17.8 Å². The van der Waals surface area contributed by atoms with E-state index < -0.39 is 36.1 Å². The van der Waals surface area contributed by atoms with Crippen LogP contribution in [0.2, 0.25) is 0 Å². The van der Waals surface area contributed by atoms with Gasteiger partial charge in [-0.3, -0.25) is 14.3 Å². The summed E-state index contributed by atoms with van der Waals surface area (Å²) in [4.78, 5) is 30.3. The van der Waals surface area contributed by atoms with Crippen LogP contribution in [0.15, 0.2) is 47.8 Å². The topological polar surface area (TPSA) is 133 Å². The van der Waals surface area contributed by atoms with Crippen LogP contribution in [0.1, 0.15) is 28.3 Å². The molecule has 0 spiro atoms. The number of rotatable bonds is 8. The van der Waals surface area contributed by atoms with Crippen molar-refractivity contribution in [1.29, 1.82) is 0 Å². The molecule has 172 valence electrons. The number of carbonyl (C=O) groups is 1. The standard InChI is InChI=1S/C22H21F2N5O4/c23-18(24)11-25-21(32)17(19-20(31)22(33)27-13-26-19)9-15-4-1-14(2-5-15)3-6-16-10-28-29(12-16)7-8-30/h1-2,4-5,10,12-13,17-18,30-31H,7-9,11H2,(H,25,32)(H,26,27,33). The summed E-state index contributed by atoms with van der Waals surface area (Å²) >= 11 is 0. The minimum Gasteiger partial charge on any atom is -0.502 e. The molecule has 0 radical (unpaired) electrons. The molecular weight excluding hydrogens is 436 g/mol. The summed E-state index contributed by atoms with van der Waals surface area (Å²) in [7, 11) is 0. The number of aromatic nitrogens is 4. The van der Waals surface area contributed by atoms with Crippen molar-refractivity contribution in [1.82, 2.24) is 25.1 Å². The van der Waals surface area contributed by atoms with E-state index in [0.717, 1.165) is 6.33 Å². The lowest BCUT2D eigenvalue weighted by molar-refractivity contribution is -0.123. The number of benzene rings is 1. The van der Waals surface area contributed by atoms with Crippen LogP contribution >= 0.6 is 0 Å². The van der Waals surface area contributed by atoms with E-state index in [1.165, 1.54) is 0 Å². The number of aromatic hydroxyl groups is 1. The fourth-order valence-corrected chi connectivity index (χ4v) is 3.03. The van der Waals surface area contributed by atoms with E-state index in [9.17, 15) is 23.5 Å². The SMILES string of the molecule is O=C(NCC(F)F)C(Cc1ccc(C#Cc2cnn(CCO)c2)cc1)c1nc[nH]c(=O)c1O. The molecule has 0 saturated carbocycles. The summed E-state index contributed by atoms with van der Waals surface area (Å²) < 4.78 is 26.7. The van der Waals surface area contributed by atoms with E-state index in [4.69, 9.17) is 5.11 Å². The fraction of sp³-hybridized carbons (Fsp3) is 0.273. The zero-order valence-electron chi connectivity index (χ0n) is 17.3. The van der Waals surface area contributed by atoms with Gasteiger partial charge in [0.1, 0.15) is 5.69 Å². The van der Waals surface area contributed by atoms with Crippen LogP contribution in [-0.4, -0.2) is 55.4 Å². The summed E-state index contributed by atoms with van der Waals surface area (Å²) in [5, 5.41) is 25.2. The number of amides is 1. The van der Waals surface area contributed by atoms with Crippen LogP contribution in [0.3, 0.4) is 0 Å². The third-order valence-electron chi connectivity index (χ3n) is 4.64. The molecule has 3 rings (SSSR count). The van der Waals surface area contributed by atoms with Gasteiger partial charge in [0.2, 0.25) is 11.7 Å². The van der Waals surface area contributed by atoms with Crippen molar-refractivity contribution in [2.45, 2.75) is 25.3 Å². The zero-order chi connectivity index (χ0) is 23.8. The van der Waals surface area contributed by atoms with E-state index >= 15 is 0 Å². The molecule has 0 bridgehead atoms. The number of carbonyl (C=O) groups excluding carboxylic acids is 1. The summed E-state index contributed by atoms with van der Waals surface area (Å²) in [5.74, 6) is 3.25. The number of alkyl halides is 2. The molecular formula is C22H21F2N5O4. The van der Waals surface area contributed by atoms with Gasteiger partial charge in [-0.05, 0) is 24.1 Å². The molecule has 1 unspecified atom stereocenters. The highest BCUT2D eigenvalue weighted by atomic mass is 19.3. The first kappa shape index (κ1) is 23.6. The van der Waals surface area contributed by atoms with E-state index in [0.29, 0.717) is 23.2 Å². The van der Waals surface area contributed by atoms with Crippen molar-refractivity contribution in [3.63, 3.8) is 0 Å². The fourth-order valence-electron chi connectivity index (χ4n) is 3.03. The Hall–Kier alpha value is -4.04. The Bertz CT molecular complexity index is 1210. The average Bonchev–Trinajstić information content (AvgIpc) is 3.25. The van der Waals surface area contributed by atoms with Crippen molar-refractivity contribution in [3.05, 3.63) is 75.7 Å². The predicted octanol–water partition coefficient (Wildman–Crippen LogP) is 0.772. The number of H-pyrrole nitrogens is 1. The van der Waals surface area contributed by atoms with Crippen molar-refractivity contribution in [2.24, 2.45) is 0 Å². The maximum Gasteiger partial charge on any atom is 0.293 e. The molecule has 9 nitrogen and oxygen atoms in total. The van der Waals surface area contributed by atoms with Gasteiger partial charge in [0.05, 0.1) is 43.7 Å². The molecule has 3 aromatic rings. The molecule has 2 heterocycles. The van der Waals surface area contributed by atoms with E-state index in [2.05, 4.69) is 32.2 Å². The van der Waals surface area contributed by atoms with Gasteiger partial charge in [-0.2, -0.15) is 5.10 Å². The number of aliphatic hydroxyl groups is 1. The molecule has 0 saturated heterocycles. The monoisotopic (exact) mass is 457 g/mol. The molecule has 1 atom stereocenters. The summed E-state index contributed by atoms with van der Waals surface area (Å²) in [6, 6.07) is 6.85. The lowest BCUT2D eigenvalue weighted by Gasteiger charge is -2.17. The smallest absolute Gasteiger partial charge is 0.293 e. The van der Waals surface area contributed by atoms with Gasteiger partial charge < -0.3 is 20.5 Å². The van der Waals surface area contributed by atoms with Gasteiger partial charge in [0.25, 0.3) is 12.0 Å². The lowest BCUT2D eigenvalue weighted by Crippen LogP contribution is -2.34. The van der Waals surface area contributed by atoms with E-state index in [1.807, 2.05) is 0 Å². The van der Waals surface area contributed by atoms with Gasteiger partial charge >= 0.3 is 0 Å². The highest BCUT2D eigenvalue weighted by Gasteiger charge is 2.27. The minimum absolute atomic E-state index is 0.0146. The average molecular weight is 457 g/mol. The van der Waals surface area contributed by atoms with Crippen LogP contribution in [0.5, 0.6) is 5.75 Å². The first-order valence-corrected chi connectivity index (χ1v) is 9.94. The number of hydrogen-bond donors (Lipinski definition) is 4. The van der Waals surface area contributed by atoms with Crippen LogP contribution < -0.4 is 10.9 Å². The maximum atomic E-state index is 12.5. The number of halogens is 2. The molecule has 11 heteroatoms. The van der Waals surface area contributed by atoms with Crippen LogP contribution in [0, 0.1) is 11.8 Å². The third kappa shape index (κ3) is 6.47. The zero-order valence-corrected chi connectivity index (χ0v) is 17.3. The normalized spacial score (nSPS) is 11.6. The van der Waals surface area contributed by atoms with Crippen molar-refractivity contribution < 1.29 is 23.8 Å². The van der Waals surface area contributed by atoms with Crippen molar-refractivity contribution in [3.8, 4) is 17.6 Å². The molecule has 0 aliphatic rings. The quantitative estimate of drug-likeness (QED) is 0.370. The Morgan fingerprint density at radius 3 is 2.64 bits per heavy atom. The van der Waals surface area contributed by atoms with Crippen LogP contribution in [0.4, 0.5) is 8.78 Å². The Kier molecular flexibility index (Phi) is 7.88. The summed E-state index contributed by atoms with van der Waals surface area (Å²) in [5.41, 5.74) is 0.979. The molecule has 0 aliphatic carbocycles. The number of nitrogens with one attached hydrogen (secondary N) is 2. The maximum absolute atomic E-state index is 12.5. The summed E-state index contributed by atoms with van der Waals surface area (Å²) in [6.45, 7) is -0.509.